The number of rotatable bonds is 5. The molecule has 0 unspecified atom stereocenters. The highest BCUT2D eigenvalue weighted by Gasteiger charge is 2.20. The average molecular weight is 470 g/mol. The van der Waals surface area contributed by atoms with Crippen LogP contribution in [0.3, 0.4) is 0 Å². The third-order valence-corrected chi connectivity index (χ3v) is 6.19. The Balaban J connectivity index is 1.45. The van der Waals surface area contributed by atoms with Gasteiger partial charge in [-0.1, -0.05) is 17.7 Å². The Bertz CT molecular complexity index is 1180. The zero-order valence-electron chi connectivity index (χ0n) is 17.2. The number of hydrogen-bond donors (Lipinski definition) is 2. The molecule has 1 aromatic heterocycles. The minimum Gasteiger partial charge on any atom is -0.370 e. The number of morpholine rings is 1. The SMILES string of the molecule is Cc1ccc(NC(=O)c2ccc(Cl)s2)cc1C(=O)Nc1ccc(N2CCOCC2=O)cc1. The van der Waals surface area contributed by atoms with Crippen molar-refractivity contribution in [2.45, 2.75) is 6.92 Å². The van der Waals surface area contributed by atoms with Gasteiger partial charge in [-0.3, -0.25) is 14.4 Å². The van der Waals surface area contributed by atoms with Gasteiger partial charge in [0, 0.05) is 29.2 Å². The van der Waals surface area contributed by atoms with Gasteiger partial charge in [-0.2, -0.15) is 0 Å². The molecule has 1 saturated heterocycles. The predicted octanol–water partition coefficient (Wildman–Crippen LogP) is 4.58. The van der Waals surface area contributed by atoms with E-state index in [0.717, 1.165) is 11.3 Å². The number of nitrogens with zero attached hydrogens (tertiary/aromatic N) is 1. The quantitative estimate of drug-likeness (QED) is 0.572. The molecule has 0 saturated carbocycles. The van der Waals surface area contributed by atoms with Gasteiger partial charge in [-0.05, 0) is 61.0 Å². The van der Waals surface area contributed by atoms with Gasteiger partial charge in [-0.15, -0.1) is 11.3 Å². The molecule has 3 aromatic rings. The van der Waals surface area contributed by atoms with Crippen LogP contribution in [0.2, 0.25) is 4.34 Å². The summed E-state index contributed by atoms with van der Waals surface area (Å²) in [6, 6.07) is 15.5. The summed E-state index contributed by atoms with van der Waals surface area (Å²) in [5.41, 5.74) is 3.08. The van der Waals surface area contributed by atoms with Gasteiger partial charge in [0.1, 0.15) is 6.61 Å². The third-order valence-electron chi connectivity index (χ3n) is 4.96. The molecule has 4 rings (SSSR count). The second-order valence-corrected chi connectivity index (χ2v) is 8.90. The first kappa shape index (κ1) is 22.0. The number of hydrogen-bond acceptors (Lipinski definition) is 5. The summed E-state index contributed by atoms with van der Waals surface area (Å²) in [6.07, 6.45) is 0. The number of ether oxygens (including phenoxy) is 1. The van der Waals surface area contributed by atoms with Gasteiger partial charge in [0.25, 0.3) is 17.7 Å². The number of carbonyl (C=O) groups is 3. The standard InChI is InChI=1S/C23H20ClN3O4S/c1-14-2-3-16(26-23(30)19-8-9-20(24)32-19)12-18(14)22(29)25-15-4-6-17(7-5-15)27-10-11-31-13-21(27)28/h2-9,12H,10-11,13H2,1H3,(H,25,29)(H,26,30). The average Bonchev–Trinajstić information content (AvgIpc) is 3.22. The predicted molar refractivity (Wildman–Crippen MR) is 126 cm³/mol. The molecule has 0 aliphatic carbocycles. The number of nitrogens with one attached hydrogen (secondary N) is 2. The molecule has 2 N–H and O–H groups in total. The maximum Gasteiger partial charge on any atom is 0.265 e. The maximum absolute atomic E-state index is 12.9. The van der Waals surface area contributed by atoms with E-state index in [1.807, 2.05) is 6.92 Å². The highest BCUT2D eigenvalue weighted by Crippen LogP contribution is 2.24. The fourth-order valence-corrected chi connectivity index (χ4v) is 4.23. The zero-order valence-corrected chi connectivity index (χ0v) is 18.8. The minimum atomic E-state index is -0.298. The Morgan fingerprint density at radius 3 is 2.41 bits per heavy atom. The monoisotopic (exact) mass is 469 g/mol. The molecule has 1 aliphatic rings. The summed E-state index contributed by atoms with van der Waals surface area (Å²) in [5, 5.41) is 5.65. The molecule has 7 nitrogen and oxygen atoms in total. The first-order valence-corrected chi connectivity index (χ1v) is 11.1. The summed E-state index contributed by atoms with van der Waals surface area (Å²) < 4.78 is 5.68. The van der Waals surface area contributed by atoms with E-state index >= 15 is 0 Å². The van der Waals surface area contributed by atoms with E-state index in [4.69, 9.17) is 16.3 Å². The fourth-order valence-electron chi connectivity index (χ4n) is 3.29. The van der Waals surface area contributed by atoms with Crippen LogP contribution in [-0.4, -0.2) is 37.5 Å². The molecule has 3 amide bonds. The van der Waals surface area contributed by atoms with Gasteiger partial charge in [-0.25, -0.2) is 0 Å². The van der Waals surface area contributed by atoms with E-state index < -0.39 is 0 Å². The lowest BCUT2D eigenvalue weighted by molar-refractivity contribution is -0.125. The van der Waals surface area contributed by atoms with Gasteiger partial charge in [0.05, 0.1) is 15.8 Å². The second-order valence-electron chi connectivity index (χ2n) is 7.19. The Morgan fingerprint density at radius 1 is 1.00 bits per heavy atom. The van der Waals surface area contributed by atoms with Crippen molar-refractivity contribution in [1.29, 1.82) is 0 Å². The molecule has 2 aromatic carbocycles. The summed E-state index contributed by atoms with van der Waals surface area (Å²) in [7, 11) is 0. The first-order chi connectivity index (χ1) is 15.4. The van der Waals surface area contributed by atoms with Gasteiger partial charge in [0.15, 0.2) is 0 Å². The van der Waals surface area contributed by atoms with Crippen molar-refractivity contribution in [3.63, 3.8) is 0 Å². The molecule has 164 valence electrons. The maximum atomic E-state index is 12.9. The van der Waals surface area contributed by atoms with Crippen LogP contribution in [-0.2, 0) is 9.53 Å². The van der Waals surface area contributed by atoms with Crippen LogP contribution < -0.4 is 15.5 Å². The number of anilines is 3. The molecule has 9 heteroatoms. The molecule has 32 heavy (non-hydrogen) atoms. The van der Waals surface area contributed by atoms with E-state index in [1.54, 1.807) is 59.5 Å². The Labute approximate surface area is 193 Å². The largest absolute Gasteiger partial charge is 0.370 e. The number of aryl methyl sites for hydroxylation is 1. The van der Waals surface area contributed by atoms with Crippen molar-refractivity contribution in [3.8, 4) is 0 Å². The molecule has 0 radical (unpaired) electrons. The molecule has 0 atom stereocenters. The van der Waals surface area contributed by atoms with Crippen LogP contribution in [0.15, 0.2) is 54.6 Å². The van der Waals surface area contributed by atoms with Crippen LogP contribution in [0, 0.1) is 6.92 Å². The molecular weight excluding hydrogens is 450 g/mol. The lowest BCUT2D eigenvalue weighted by Crippen LogP contribution is -2.41. The summed E-state index contributed by atoms with van der Waals surface area (Å²) in [4.78, 5) is 39.4. The minimum absolute atomic E-state index is 0.0736. The number of carbonyl (C=O) groups excluding carboxylic acids is 3. The Morgan fingerprint density at radius 2 is 1.72 bits per heavy atom. The second kappa shape index (κ2) is 9.52. The highest BCUT2D eigenvalue weighted by atomic mass is 35.5. The van der Waals surface area contributed by atoms with E-state index in [-0.39, 0.29) is 24.3 Å². The molecule has 2 heterocycles. The number of halogens is 1. The van der Waals surface area contributed by atoms with Crippen LogP contribution in [0.4, 0.5) is 17.1 Å². The van der Waals surface area contributed by atoms with Crippen molar-refractivity contribution < 1.29 is 19.1 Å². The topological polar surface area (TPSA) is 87.7 Å². The van der Waals surface area contributed by atoms with E-state index in [2.05, 4.69) is 10.6 Å². The molecule has 0 bridgehead atoms. The Hall–Kier alpha value is -3.20. The third kappa shape index (κ3) is 4.99. The highest BCUT2D eigenvalue weighted by molar-refractivity contribution is 7.18. The molecular formula is C23H20ClN3O4S. The van der Waals surface area contributed by atoms with Gasteiger partial charge in [0.2, 0.25) is 0 Å². The van der Waals surface area contributed by atoms with Crippen LogP contribution in [0.5, 0.6) is 0 Å². The van der Waals surface area contributed by atoms with Crippen LogP contribution in [0.25, 0.3) is 0 Å². The number of thiophene rings is 1. The zero-order chi connectivity index (χ0) is 22.7. The van der Waals surface area contributed by atoms with E-state index in [0.29, 0.717) is 39.3 Å². The normalized spacial score (nSPS) is 13.7. The van der Waals surface area contributed by atoms with E-state index in [1.165, 1.54) is 11.3 Å². The summed E-state index contributed by atoms with van der Waals surface area (Å²) in [6.45, 7) is 2.90. The van der Waals surface area contributed by atoms with Crippen molar-refractivity contribution in [2.75, 3.05) is 35.3 Å². The molecule has 0 spiro atoms. The molecule has 1 aliphatic heterocycles. The lowest BCUT2D eigenvalue weighted by atomic mass is 10.1. The van der Waals surface area contributed by atoms with Crippen LogP contribution in [0.1, 0.15) is 25.6 Å². The smallest absolute Gasteiger partial charge is 0.265 e. The fraction of sp³-hybridized carbons (Fsp3) is 0.174. The van der Waals surface area contributed by atoms with Crippen LogP contribution >= 0.6 is 22.9 Å². The van der Waals surface area contributed by atoms with E-state index in [9.17, 15) is 14.4 Å². The van der Waals surface area contributed by atoms with Gasteiger partial charge >= 0.3 is 0 Å². The number of benzene rings is 2. The van der Waals surface area contributed by atoms with Crippen molar-refractivity contribution in [3.05, 3.63) is 74.9 Å². The molecule has 1 fully saturated rings. The van der Waals surface area contributed by atoms with Crippen molar-refractivity contribution in [2.24, 2.45) is 0 Å². The first-order valence-electron chi connectivity index (χ1n) is 9.87. The van der Waals surface area contributed by atoms with Crippen molar-refractivity contribution >= 4 is 57.7 Å². The van der Waals surface area contributed by atoms with Crippen molar-refractivity contribution in [1.82, 2.24) is 0 Å². The lowest BCUT2D eigenvalue weighted by Gasteiger charge is -2.26. The Kier molecular flexibility index (Phi) is 6.55. The summed E-state index contributed by atoms with van der Waals surface area (Å²) in [5.74, 6) is -0.675. The summed E-state index contributed by atoms with van der Waals surface area (Å²) >= 11 is 7.08. The number of amides is 3. The van der Waals surface area contributed by atoms with Gasteiger partial charge < -0.3 is 20.3 Å².